The molecule has 5 rings (SSSR count). The fourth-order valence-electron chi connectivity index (χ4n) is 3.70. The van der Waals surface area contributed by atoms with Gasteiger partial charge in [0.1, 0.15) is 11.5 Å². The van der Waals surface area contributed by atoms with Gasteiger partial charge in [-0.05, 0) is 30.7 Å². The van der Waals surface area contributed by atoms with Crippen LogP contribution in [-0.2, 0) is 13.0 Å². The number of rotatable bonds is 7. The van der Waals surface area contributed by atoms with Crippen LogP contribution in [0.5, 0.6) is 0 Å². The number of hydrogen-bond donors (Lipinski definition) is 1. The average Bonchev–Trinajstić information content (AvgIpc) is 3.56. The summed E-state index contributed by atoms with van der Waals surface area (Å²) in [5.41, 5.74) is 3.08. The van der Waals surface area contributed by atoms with Crippen molar-refractivity contribution in [1.82, 2.24) is 25.0 Å². The Morgan fingerprint density at radius 2 is 2.03 bits per heavy atom. The van der Waals surface area contributed by atoms with Gasteiger partial charge in [-0.3, -0.25) is 4.79 Å². The van der Waals surface area contributed by atoms with Crippen molar-refractivity contribution in [2.45, 2.75) is 19.9 Å². The Labute approximate surface area is 183 Å². The Kier molecular flexibility index (Phi) is 5.25. The summed E-state index contributed by atoms with van der Waals surface area (Å²) in [7, 11) is 0. The maximum atomic E-state index is 13.1. The van der Waals surface area contributed by atoms with Gasteiger partial charge in [-0.15, -0.1) is 0 Å². The van der Waals surface area contributed by atoms with Crippen LogP contribution >= 0.6 is 0 Å². The van der Waals surface area contributed by atoms with Crippen molar-refractivity contribution in [3.63, 3.8) is 0 Å². The molecular weight excluding hydrogens is 406 g/mol. The number of benzene rings is 1. The normalized spacial score (nSPS) is 11.2. The molecular formula is C24H21N5O3. The van der Waals surface area contributed by atoms with Gasteiger partial charge in [0, 0.05) is 31.9 Å². The third kappa shape index (κ3) is 3.90. The lowest BCUT2D eigenvalue weighted by molar-refractivity contribution is 0.0955. The van der Waals surface area contributed by atoms with Gasteiger partial charge in [0.2, 0.25) is 0 Å². The Hall–Kier alpha value is -4.20. The van der Waals surface area contributed by atoms with Crippen LogP contribution in [0.3, 0.4) is 0 Å². The Balaban J connectivity index is 1.32. The van der Waals surface area contributed by atoms with E-state index in [1.54, 1.807) is 37.6 Å². The van der Waals surface area contributed by atoms with Gasteiger partial charge < -0.3 is 18.8 Å². The summed E-state index contributed by atoms with van der Waals surface area (Å²) < 4.78 is 12.8. The Morgan fingerprint density at radius 1 is 1.16 bits per heavy atom. The zero-order chi connectivity index (χ0) is 21.9. The van der Waals surface area contributed by atoms with E-state index < -0.39 is 0 Å². The lowest BCUT2D eigenvalue weighted by atomic mass is 10.1. The molecule has 1 aromatic carbocycles. The van der Waals surface area contributed by atoms with E-state index in [1.165, 1.54) is 5.56 Å². The lowest BCUT2D eigenvalue weighted by Gasteiger charge is -2.10. The van der Waals surface area contributed by atoms with Crippen LogP contribution < -0.4 is 5.32 Å². The average molecular weight is 427 g/mol. The molecule has 0 radical (unpaired) electrons. The van der Waals surface area contributed by atoms with Gasteiger partial charge in [0.15, 0.2) is 5.76 Å². The molecule has 0 aliphatic rings. The van der Waals surface area contributed by atoms with E-state index in [-0.39, 0.29) is 5.91 Å². The number of imidazole rings is 1. The third-order valence-corrected chi connectivity index (χ3v) is 5.27. The van der Waals surface area contributed by atoms with E-state index in [2.05, 4.69) is 37.1 Å². The minimum atomic E-state index is -0.224. The van der Waals surface area contributed by atoms with Gasteiger partial charge >= 0.3 is 0 Å². The number of aryl methyl sites for hydroxylation is 1. The van der Waals surface area contributed by atoms with E-state index in [1.807, 2.05) is 24.4 Å². The van der Waals surface area contributed by atoms with E-state index in [4.69, 9.17) is 8.94 Å². The number of nitrogens with one attached hydrogen (secondary N) is 1. The summed E-state index contributed by atoms with van der Waals surface area (Å²) >= 11 is 0. The third-order valence-electron chi connectivity index (χ3n) is 5.27. The van der Waals surface area contributed by atoms with Crippen molar-refractivity contribution in [2.24, 2.45) is 0 Å². The summed E-state index contributed by atoms with van der Waals surface area (Å²) in [5.74, 6) is 1.24. The minimum absolute atomic E-state index is 0.224. The molecule has 1 N–H and O–H groups in total. The maximum Gasteiger partial charge on any atom is 0.259 e. The summed E-state index contributed by atoms with van der Waals surface area (Å²) in [5, 5.41) is 7.56. The van der Waals surface area contributed by atoms with Gasteiger partial charge in [0.05, 0.1) is 22.9 Å². The van der Waals surface area contributed by atoms with Crippen molar-refractivity contribution in [3.8, 4) is 11.5 Å². The summed E-state index contributed by atoms with van der Waals surface area (Å²) in [6.07, 6.45) is 5.90. The largest absolute Gasteiger partial charge is 0.463 e. The number of nitrogens with zero attached hydrogens (tertiary/aromatic N) is 4. The number of hydrogen-bond acceptors (Lipinski definition) is 6. The highest BCUT2D eigenvalue weighted by Crippen LogP contribution is 2.27. The van der Waals surface area contributed by atoms with Crippen LogP contribution in [0.2, 0.25) is 0 Å². The van der Waals surface area contributed by atoms with Gasteiger partial charge in [0.25, 0.3) is 11.6 Å². The van der Waals surface area contributed by atoms with E-state index in [0.29, 0.717) is 46.8 Å². The highest BCUT2D eigenvalue weighted by Gasteiger charge is 2.20. The van der Waals surface area contributed by atoms with Gasteiger partial charge in [-0.2, -0.15) is 0 Å². The highest BCUT2D eigenvalue weighted by molar-refractivity contribution is 6.06. The molecule has 0 atom stereocenters. The molecule has 4 heterocycles. The maximum absolute atomic E-state index is 13.1. The molecule has 0 fully saturated rings. The smallest absolute Gasteiger partial charge is 0.259 e. The second-order valence-electron chi connectivity index (χ2n) is 7.44. The molecule has 160 valence electrons. The molecule has 0 unspecified atom stereocenters. The number of carbonyl (C=O) groups excluding carboxylic acids is 1. The number of aromatic nitrogens is 4. The predicted octanol–water partition coefficient (Wildman–Crippen LogP) is 4.01. The van der Waals surface area contributed by atoms with Crippen molar-refractivity contribution in [2.75, 3.05) is 6.54 Å². The van der Waals surface area contributed by atoms with Crippen LogP contribution in [0.1, 0.15) is 27.4 Å². The Morgan fingerprint density at radius 3 is 2.84 bits per heavy atom. The minimum Gasteiger partial charge on any atom is -0.463 e. The molecule has 0 spiro atoms. The molecule has 0 aliphatic heterocycles. The number of pyridine rings is 1. The van der Waals surface area contributed by atoms with E-state index in [9.17, 15) is 4.79 Å². The summed E-state index contributed by atoms with van der Waals surface area (Å²) in [6, 6.07) is 15.5. The fraction of sp³-hybridized carbons (Fsp3) is 0.167. The van der Waals surface area contributed by atoms with Crippen molar-refractivity contribution < 1.29 is 13.7 Å². The van der Waals surface area contributed by atoms with Crippen LogP contribution in [0.4, 0.5) is 0 Å². The van der Waals surface area contributed by atoms with Gasteiger partial charge in [-0.1, -0.05) is 35.5 Å². The summed E-state index contributed by atoms with van der Waals surface area (Å²) in [4.78, 5) is 22.0. The predicted molar refractivity (Wildman–Crippen MR) is 118 cm³/mol. The van der Waals surface area contributed by atoms with Crippen LogP contribution in [0.15, 0.2) is 76.1 Å². The standard InChI is InChI=1S/C24H21N5O3/c1-16-22-18(14-19(20-8-5-13-31-20)27-24(22)32-28-16)23(30)26-10-9-21-25-11-12-29(21)15-17-6-3-2-4-7-17/h2-8,11-14H,9-10,15H2,1H3,(H,26,30). The molecule has 0 bridgehead atoms. The number of amides is 1. The van der Waals surface area contributed by atoms with E-state index >= 15 is 0 Å². The SMILES string of the molecule is Cc1noc2nc(-c3ccco3)cc(C(=O)NCCc3nccn3Cc3ccccc3)c12. The molecule has 1 amide bonds. The van der Waals surface area contributed by atoms with Crippen LogP contribution in [0, 0.1) is 6.92 Å². The zero-order valence-corrected chi connectivity index (χ0v) is 17.5. The molecule has 8 nitrogen and oxygen atoms in total. The molecule has 8 heteroatoms. The van der Waals surface area contributed by atoms with Crippen molar-refractivity contribution >= 4 is 17.0 Å². The molecule has 0 saturated heterocycles. The van der Waals surface area contributed by atoms with E-state index in [0.717, 1.165) is 12.4 Å². The fourth-order valence-corrected chi connectivity index (χ4v) is 3.70. The molecule has 32 heavy (non-hydrogen) atoms. The number of furan rings is 1. The van der Waals surface area contributed by atoms with Crippen LogP contribution in [0.25, 0.3) is 22.6 Å². The second-order valence-corrected chi connectivity index (χ2v) is 7.44. The number of carbonyl (C=O) groups is 1. The van der Waals surface area contributed by atoms with Crippen molar-refractivity contribution in [3.05, 3.63) is 89.8 Å². The molecule has 4 aromatic heterocycles. The first kappa shape index (κ1) is 19.7. The highest BCUT2D eigenvalue weighted by atomic mass is 16.5. The first-order valence-corrected chi connectivity index (χ1v) is 10.3. The quantitative estimate of drug-likeness (QED) is 0.421. The number of fused-ring (bicyclic) bond motifs is 1. The summed E-state index contributed by atoms with van der Waals surface area (Å²) in [6.45, 7) is 2.97. The van der Waals surface area contributed by atoms with Gasteiger partial charge in [-0.25, -0.2) is 9.97 Å². The Bertz CT molecular complexity index is 1350. The second kappa shape index (κ2) is 8.50. The molecule has 0 aliphatic carbocycles. The topological polar surface area (TPSA) is 99.0 Å². The van der Waals surface area contributed by atoms with Crippen LogP contribution in [-0.4, -0.2) is 32.1 Å². The molecule has 0 saturated carbocycles. The first-order chi connectivity index (χ1) is 15.7. The van der Waals surface area contributed by atoms with Crippen molar-refractivity contribution in [1.29, 1.82) is 0 Å². The molecule has 5 aromatic rings. The lowest BCUT2D eigenvalue weighted by Crippen LogP contribution is -2.27. The monoisotopic (exact) mass is 427 g/mol. The zero-order valence-electron chi connectivity index (χ0n) is 17.5. The first-order valence-electron chi connectivity index (χ1n) is 10.3.